The maximum atomic E-state index is 12.5. The Balaban J connectivity index is 3.21. The molecular formula is C12H21NO6S. The molecule has 0 bridgehead atoms. The molecule has 1 aliphatic rings. The zero-order valence-corrected chi connectivity index (χ0v) is 12.9. The van der Waals surface area contributed by atoms with Crippen LogP contribution in [-0.2, 0) is 24.3 Å². The van der Waals surface area contributed by atoms with E-state index < -0.39 is 38.7 Å². The van der Waals surface area contributed by atoms with Gasteiger partial charge in [0.25, 0.3) is 0 Å². The molecule has 20 heavy (non-hydrogen) atoms. The SMILES string of the molecule is COC(=O)C(C)S(=O)(=O)N1CCCC(C)(C)C1C(=O)O. The van der Waals surface area contributed by atoms with Gasteiger partial charge in [0.15, 0.2) is 5.25 Å². The highest BCUT2D eigenvalue weighted by Crippen LogP contribution is 2.37. The second-order valence-corrected chi connectivity index (χ2v) is 7.86. The summed E-state index contributed by atoms with van der Waals surface area (Å²) in [6.45, 7) is 4.75. The predicted octanol–water partition coefficient (Wildman–Crippen LogP) is 0.453. The molecule has 0 radical (unpaired) electrons. The minimum atomic E-state index is -4.06. The van der Waals surface area contributed by atoms with E-state index in [9.17, 15) is 23.1 Å². The van der Waals surface area contributed by atoms with Gasteiger partial charge in [-0.25, -0.2) is 8.42 Å². The molecule has 0 aromatic carbocycles. The number of carbonyl (C=O) groups excluding carboxylic acids is 1. The van der Waals surface area contributed by atoms with Crippen molar-refractivity contribution in [2.24, 2.45) is 5.41 Å². The number of methoxy groups -OCH3 is 1. The van der Waals surface area contributed by atoms with Crippen molar-refractivity contribution in [1.29, 1.82) is 0 Å². The Kier molecular flexibility index (Phi) is 4.81. The third-order valence-corrected chi connectivity index (χ3v) is 5.90. The first kappa shape index (κ1) is 16.9. The highest BCUT2D eigenvalue weighted by Gasteiger charge is 2.49. The molecule has 2 unspecified atom stereocenters. The van der Waals surface area contributed by atoms with Gasteiger partial charge in [0.2, 0.25) is 10.0 Å². The smallest absolute Gasteiger partial charge is 0.325 e. The number of sulfonamides is 1. The third-order valence-electron chi connectivity index (χ3n) is 3.77. The fraction of sp³-hybridized carbons (Fsp3) is 0.833. The summed E-state index contributed by atoms with van der Waals surface area (Å²) in [7, 11) is -2.96. The lowest BCUT2D eigenvalue weighted by Gasteiger charge is -2.43. The quantitative estimate of drug-likeness (QED) is 0.757. The molecule has 0 amide bonds. The second kappa shape index (κ2) is 5.69. The molecular weight excluding hydrogens is 286 g/mol. The number of ether oxygens (including phenoxy) is 1. The van der Waals surface area contributed by atoms with Crippen LogP contribution in [0.15, 0.2) is 0 Å². The standard InChI is InChI=1S/C12H21NO6S/c1-8(11(16)19-4)20(17,18)13-7-5-6-12(2,3)9(13)10(14)15/h8-9H,5-7H2,1-4H3,(H,14,15). The van der Waals surface area contributed by atoms with Crippen LogP contribution in [0.2, 0.25) is 0 Å². The van der Waals surface area contributed by atoms with Gasteiger partial charge in [-0.1, -0.05) is 13.8 Å². The van der Waals surface area contributed by atoms with Gasteiger partial charge < -0.3 is 9.84 Å². The lowest BCUT2D eigenvalue weighted by atomic mass is 9.77. The fourth-order valence-electron chi connectivity index (χ4n) is 2.57. The van der Waals surface area contributed by atoms with Gasteiger partial charge in [-0.2, -0.15) is 4.31 Å². The van der Waals surface area contributed by atoms with Crippen LogP contribution in [-0.4, -0.2) is 54.7 Å². The van der Waals surface area contributed by atoms with Crippen LogP contribution in [0.4, 0.5) is 0 Å². The van der Waals surface area contributed by atoms with E-state index in [4.69, 9.17) is 0 Å². The van der Waals surface area contributed by atoms with Crippen molar-refractivity contribution in [1.82, 2.24) is 4.31 Å². The number of hydrogen-bond acceptors (Lipinski definition) is 5. The van der Waals surface area contributed by atoms with E-state index >= 15 is 0 Å². The predicted molar refractivity (Wildman–Crippen MR) is 71.5 cm³/mol. The average molecular weight is 307 g/mol. The molecule has 0 aromatic rings. The minimum Gasteiger partial charge on any atom is -0.480 e. The summed E-state index contributed by atoms with van der Waals surface area (Å²) in [5, 5.41) is 7.95. The Hall–Kier alpha value is -1.15. The van der Waals surface area contributed by atoms with Crippen molar-refractivity contribution < 1.29 is 27.9 Å². The average Bonchev–Trinajstić information content (AvgIpc) is 2.34. The van der Waals surface area contributed by atoms with Crippen molar-refractivity contribution in [3.63, 3.8) is 0 Å². The Labute approximate surface area is 118 Å². The number of aliphatic carboxylic acids is 1. The van der Waals surface area contributed by atoms with Crippen LogP contribution < -0.4 is 0 Å². The first-order valence-electron chi connectivity index (χ1n) is 6.37. The molecule has 1 fully saturated rings. The Morgan fingerprint density at radius 3 is 2.40 bits per heavy atom. The number of nitrogens with zero attached hydrogens (tertiary/aromatic N) is 1. The van der Waals surface area contributed by atoms with Crippen LogP contribution in [0, 0.1) is 5.41 Å². The molecule has 0 saturated carbocycles. The van der Waals surface area contributed by atoms with Crippen LogP contribution in [0.25, 0.3) is 0 Å². The highest BCUT2D eigenvalue weighted by molar-refractivity contribution is 7.90. The summed E-state index contributed by atoms with van der Waals surface area (Å²) in [5.74, 6) is -2.09. The summed E-state index contributed by atoms with van der Waals surface area (Å²) in [4.78, 5) is 22.9. The van der Waals surface area contributed by atoms with Crippen molar-refractivity contribution in [3.05, 3.63) is 0 Å². The Bertz CT molecular complexity index is 498. The third kappa shape index (κ3) is 2.95. The van der Waals surface area contributed by atoms with Crippen LogP contribution in [0.3, 0.4) is 0 Å². The summed E-state index contributed by atoms with van der Waals surface area (Å²) in [5.41, 5.74) is -0.688. The molecule has 1 N–H and O–H groups in total. The van der Waals surface area contributed by atoms with E-state index in [0.29, 0.717) is 12.8 Å². The molecule has 2 atom stereocenters. The monoisotopic (exact) mass is 307 g/mol. The van der Waals surface area contributed by atoms with Gasteiger partial charge >= 0.3 is 11.9 Å². The molecule has 1 aliphatic heterocycles. The number of carboxylic acid groups (broad SMARTS) is 1. The van der Waals surface area contributed by atoms with E-state index in [1.54, 1.807) is 13.8 Å². The number of carbonyl (C=O) groups is 2. The number of carboxylic acids is 1. The molecule has 0 spiro atoms. The van der Waals surface area contributed by atoms with Crippen molar-refractivity contribution >= 4 is 22.0 Å². The van der Waals surface area contributed by atoms with Crippen molar-refractivity contribution in [2.75, 3.05) is 13.7 Å². The Morgan fingerprint density at radius 2 is 1.95 bits per heavy atom. The molecule has 7 nitrogen and oxygen atoms in total. The normalized spacial score (nSPS) is 24.9. The first-order chi connectivity index (χ1) is 9.05. The van der Waals surface area contributed by atoms with Crippen molar-refractivity contribution in [3.8, 4) is 0 Å². The van der Waals surface area contributed by atoms with E-state index in [-0.39, 0.29) is 6.54 Å². The van der Waals surface area contributed by atoms with Crippen LogP contribution >= 0.6 is 0 Å². The summed E-state index contributed by atoms with van der Waals surface area (Å²) < 4.78 is 30.3. The van der Waals surface area contributed by atoms with Gasteiger partial charge in [-0.05, 0) is 25.2 Å². The van der Waals surface area contributed by atoms with Crippen LogP contribution in [0.5, 0.6) is 0 Å². The molecule has 8 heteroatoms. The highest BCUT2D eigenvalue weighted by atomic mass is 32.2. The molecule has 0 aliphatic carbocycles. The molecule has 116 valence electrons. The van der Waals surface area contributed by atoms with E-state index in [1.165, 1.54) is 6.92 Å². The number of rotatable bonds is 4. The van der Waals surface area contributed by atoms with E-state index in [2.05, 4.69) is 4.74 Å². The minimum absolute atomic E-state index is 0.101. The zero-order chi connectivity index (χ0) is 15.7. The van der Waals surface area contributed by atoms with Gasteiger partial charge in [0, 0.05) is 6.54 Å². The number of esters is 1. The summed E-state index contributed by atoms with van der Waals surface area (Å²) in [6.07, 6.45) is 1.17. The fourth-order valence-corrected chi connectivity index (χ4v) is 4.37. The first-order valence-corrected chi connectivity index (χ1v) is 7.87. The number of piperidine rings is 1. The largest absolute Gasteiger partial charge is 0.480 e. The van der Waals surface area contributed by atoms with Crippen LogP contribution in [0.1, 0.15) is 33.6 Å². The Morgan fingerprint density at radius 1 is 1.40 bits per heavy atom. The molecule has 1 heterocycles. The van der Waals surface area contributed by atoms with Gasteiger partial charge in [-0.15, -0.1) is 0 Å². The molecule has 1 saturated heterocycles. The van der Waals surface area contributed by atoms with Gasteiger partial charge in [0.1, 0.15) is 6.04 Å². The second-order valence-electron chi connectivity index (χ2n) is 5.65. The van der Waals surface area contributed by atoms with Gasteiger partial charge in [-0.3, -0.25) is 9.59 Å². The lowest BCUT2D eigenvalue weighted by molar-refractivity contribution is -0.147. The maximum Gasteiger partial charge on any atom is 0.325 e. The van der Waals surface area contributed by atoms with Gasteiger partial charge in [0.05, 0.1) is 7.11 Å². The number of hydrogen-bond donors (Lipinski definition) is 1. The maximum absolute atomic E-state index is 12.5. The molecule has 0 aromatic heterocycles. The molecule has 1 rings (SSSR count). The van der Waals surface area contributed by atoms with Crippen molar-refractivity contribution in [2.45, 2.75) is 44.9 Å². The lowest BCUT2D eigenvalue weighted by Crippen LogP contribution is -2.58. The topological polar surface area (TPSA) is 101 Å². The van der Waals surface area contributed by atoms with E-state index in [0.717, 1.165) is 11.4 Å². The summed E-state index contributed by atoms with van der Waals surface area (Å²) in [6, 6.07) is -1.17. The van der Waals surface area contributed by atoms with E-state index in [1.807, 2.05) is 0 Å². The summed E-state index contributed by atoms with van der Waals surface area (Å²) >= 11 is 0. The zero-order valence-electron chi connectivity index (χ0n) is 12.1.